The molecule has 25 heavy (non-hydrogen) atoms. The summed E-state index contributed by atoms with van der Waals surface area (Å²) in [4.78, 5) is 11.9. The van der Waals surface area contributed by atoms with Gasteiger partial charge in [-0.1, -0.05) is 47.1 Å². The van der Waals surface area contributed by atoms with Crippen molar-refractivity contribution in [2.45, 2.75) is 20.0 Å². The van der Waals surface area contributed by atoms with Crippen molar-refractivity contribution in [2.24, 2.45) is 0 Å². The third-order valence-electron chi connectivity index (χ3n) is 3.41. The Morgan fingerprint density at radius 3 is 2.48 bits per heavy atom. The monoisotopic (exact) mass is 398 g/mol. The molecule has 0 fully saturated rings. The highest BCUT2D eigenvalue weighted by Gasteiger charge is 2.07. The first-order valence-corrected chi connectivity index (χ1v) is 8.79. The van der Waals surface area contributed by atoms with Crippen LogP contribution in [0.25, 0.3) is 6.08 Å². The predicted molar refractivity (Wildman–Crippen MR) is 102 cm³/mol. The predicted octanol–water partition coefficient (Wildman–Crippen LogP) is 4.46. The number of ether oxygens (including phenoxy) is 1. The Balaban J connectivity index is 1.98. The fraction of sp³-hybridized carbons (Fsp3) is 0.200. The second kappa shape index (κ2) is 9.65. The molecule has 0 atom stereocenters. The lowest BCUT2D eigenvalue weighted by Crippen LogP contribution is -2.25. The average molecular weight is 399 g/mol. The number of hydrogen-bond donors (Lipinski definition) is 1. The van der Waals surface area contributed by atoms with Crippen molar-refractivity contribution in [1.29, 1.82) is 5.26 Å². The van der Waals surface area contributed by atoms with E-state index in [4.69, 9.17) is 10.00 Å². The quantitative estimate of drug-likeness (QED) is 0.552. The van der Waals surface area contributed by atoms with E-state index < -0.39 is 0 Å². The lowest BCUT2D eigenvalue weighted by molar-refractivity contribution is -0.117. The normalized spacial score (nSPS) is 10.8. The number of hydrogen-bond acceptors (Lipinski definition) is 3. The van der Waals surface area contributed by atoms with E-state index in [-0.39, 0.29) is 11.5 Å². The third-order valence-corrected chi connectivity index (χ3v) is 3.94. The number of nitrogens with one attached hydrogen (secondary N) is 1. The van der Waals surface area contributed by atoms with Crippen LogP contribution in [0, 0.1) is 11.3 Å². The van der Waals surface area contributed by atoms with Gasteiger partial charge in [0.15, 0.2) is 0 Å². The third kappa shape index (κ3) is 6.09. The largest absolute Gasteiger partial charge is 0.489 e. The van der Waals surface area contributed by atoms with Crippen LogP contribution in [0.3, 0.4) is 0 Å². The summed E-state index contributed by atoms with van der Waals surface area (Å²) in [5.74, 6) is 0.383. The summed E-state index contributed by atoms with van der Waals surface area (Å²) in [7, 11) is 0. The van der Waals surface area contributed by atoms with Gasteiger partial charge in [-0.25, -0.2) is 0 Å². The Hall–Kier alpha value is -2.58. The van der Waals surface area contributed by atoms with Gasteiger partial charge in [0.05, 0.1) is 0 Å². The Bertz CT molecular complexity index is 775. The molecule has 0 saturated carbocycles. The number of carbonyl (C=O) groups is 1. The fourth-order valence-electron chi connectivity index (χ4n) is 2.06. The molecule has 2 aromatic carbocycles. The maximum absolute atomic E-state index is 11.9. The smallest absolute Gasteiger partial charge is 0.261 e. The molecule has 5 heteroatoms. The van der Waals surface area contributed by atoms with Crippen LogP contribution in [0.1, 0.15) is 24.5 Å². The van der Waals surface area contributed by atoms with Crippen LogP contribution in [-0.2, 0) is 11.4 Å². The van der Waals surface area contributed by atoms with Crippen LogP contribution in [0.15, 0.2) is 58.6 Å². The summed E-state index contributed by atoms with van der Waals surface area (Å²) in [5.41, 5.74) is 1.95. The lowest BCUT2D eigenvalue weighted by atomic mass is 10.1. The van der Waals surface area contributed by atoms with Gasteiger partial charge in [-0.15, -0.1) is 0 Å². The molecule has 4 nitrogen and oxygen atoms in total. The minimum Gasteiger partial charge on any atom is -0.489 e. The summed E-state index contributed by atoms with van der Waals surface area (Å²) >= 11 is 3.40. The molecular weight excluding hydrogens is 380 g/mol. The van der Waals surface area contributed by atoms with Crippen molar-refractivity contribution in [3.05, 3.63) is 69.7 Å². The molecule has 128 valence electrons. The van der Waals surface area contributed by atoms with E-state index in [0.29, 0.717) is 13.2 Å². The molecule has 0 aliphatic carbocycles. The number of carbonyl (C=O) groups excluding carboxylic acids is 1. The molecule has 1 amide bonds. The van der Waals surface area contributed by atoms with Crippen molar-refractivity contribution in [2.75, 3.05) is 6.54 Å². The van der Waals surface area contributed by atoms with Crippen LogP contribution >= 0.6 is 15.9 Å². The van der Waals surface area contributed by atoms with Gasteiger partial charge in [0, 0.05) is 11.0 Å². The van der Waals surface area contributed by atoms with Crippen LogP contribution in [0.2, 0.25) is 0 Å². The van der Waals surface area contributed by atoms with E-state index in [1.54, 1.807) is 6.08 Å². The van der Waals surface area contributed by atoms with E-state index in [2.05, 4.69) is 21.2 Å². The zero-order chi connectivity index (χ0) is 18.1. The molecule has 0 heterocycles. The van der Waals surface area contributed by atoms with Crippen LogP contribution in [-0.4, -0.2) is 12.5 Å². The molecule has 0 spiro atoms. The molecule has 0 aromatic heterocycles. The van der Waals surface area contributed by atoms with E-state index in [0.717, 1.165) is 27.8 Å². The highest BCUT2D eigenvalue weighted by molar-refractivity contribution is 9.10. The summed E-state index contributed by atoms with van der Waals surface area (Å²) in [6, 6.07) is 17.2. The molecule has 0 saturated heterocycles. The lowest BCUT2D eigenvalue weighted by Gasteiger charge is -2.07. The molecule has 2 aromatic rings. The summed E-state index contributed by atoms with van der Waals surface area (Å²) in [6.07, 6.45) is 2.40. The Labute approximate surface area is 156 Å². The zero-order valence-corrected chi connectivity index (χ0v) is 15.5. The van der Waals surface area contributed by atoms with Gasteiger partial charge in [0.2, 0.25) is 0 Å². The number of nitrogens with zero attached hydrogens (tertiary/aromatic N) is 1. The number of amides is 1. The number of rotatable bonds is 7. The molecule has 0 aliphatic rings. The maximum Gasteiger partial charge on any atom is 0.261 e. The first-order valence-electron chi connectivity index (χ1n) is 7.99. The first kappa shape index (κ1) is 18.8. The van der Waals surface area contributed by atoms with Gasteiger partial charge in [-0.3, -0.25) is 4.79 Å². The molecule has 1 N–H and O–H groups in total. The zero-order valence-electron chi connectivity index (χ0n) is 14.0. The van der Waals surface area contributed by atoms with E-state index in [1.807, 2.05) is 61.5 Å². The number of nitriles is 1. The van der Waals surface area contributed by atoms with Gasteiger partial charge in [-0.2, -0.15) is 5.26 Å². The van der Waals surface area contributed by atoms with Crippen molar-refractivity contribution < 1.29 is 9.53 Å². The Morgan fingerprint density at radius 2 is 1.88 bits per heavy atom. The minimum absolute atomic E-state index is 0.0944. The van der Waals surface area contributed by atoms with Gasteiger partial charge in [-0.05, 0) is 47.9 Å². The van der Waals surface area contributed by atoms with Crippen molar-refractivity contribution in [3.8, 4) is 11.8 Å². The van der Waals surface area contributed by atoms with E-state index in [9.17, 15) is 4.79 Å². The van der Waals surface area contributed by atoms with Gasteiger partial charge >= 0.3 is 0 Å². The summed E-state index contributed by atoms with van der Waals surface area (Å²) in [6.45, 7) is 3.00. The standard InChI is InChI=1S/C20H19BrN2O2/c1-2-11-23-20(24)17(13-22)12-15-5-9-19(10-6-15)25-14-16-3-7-18(21)8-4-16/h3-10,12H,2,11,14H2,1H3,(H,23,24)/b17-12+. The van der Waals surface area contributed by atoms with Gasteiger partial charge < -0.3 is 10.1 Å². The average Bonchev–Trinajstić information content (AvgIpc) is 2.64. The number of benzene rings is 2. The molecule has 0 bridgehead atoms. The Morgan fingerprint density at radius 1 is 1.20 bits per heavy atom. The first-order chi connectivity index (χ1) is 12.1. The van der Waals surface area contributed by atoms with Crippen molar-refractivity contribution >= 4 is 27.9 Å². The summed E-state index contributed by atoms with van der Waals surface area (Å²) in [5, 5.41) is 11.8. The molecule has 2 rings (SSSR count). The second-order valence-corrected chi connectivity index (χ2v) is 6.33. The molecule has 0 radical (unpaired) electrons. The van der Waals surface area contributed by atoms with Crippen LogP contribution in [0.4, 0.5) is 0 Å². The Kier molecular flexibility index (Phi) is 7.24. The molecule has 0 unspecified atom stereocenters. The van der Waals surface area contributed by atoms with Crippen LogP contribution < -0.4 is 10.1 Å². The molecule has 0 aliphatic heterocycles. The van der Waals surface area contributed by atoms with Crippen molar-refractivity contribution in [1.82, 2.24) is 5.32 Å². The highest BCUT2D eigenvalue weighted by Crippen LogP contribution is 2.17. The fourth-order valence-corrected chi connectivity index (χ4v) is 2.32. The highest BCUT2D eigenvalue weighted by atomic mass is 79.9. The second-order valence-electron chi connectivity index (χ2n) is 5.41. The number of halogens is 1. The van der Waals surface area contributed by atoms with Crippen LogP contribution in [0.5, 0.6) is 5.75 Å². The maximum atomic E-state index is 11.9. The summed E-state index contributed by atoms with van der Waals surface area (Å²) < 4.78 is 6.77. The van der Waals surface area contributed by atoms with Gasteiger partial charge in [0.25, 0.3) is 5.91 Å². The SMILES string of the molecule is CCCNC(=O)/C(C#N)=C/c1ccc(OCc2ccc(Br)cc2)cc1. The molecular formula is C20H19BrN2O2. The van der Waals surface area contributed by atoms with E-state index >= 15 is 0 Å². The van der Waals surface area contributed by atoms with E-state index in [1.165, 1.54) is 0 Å². The topological polar surface area (TPSA) is 62.1 Å². The van der Waals surface area contributed by atoms with Crippen molar-refractivity contribution in [3.63, 3.8) is 0 Å². The minimum atomic E-state index is -0.347. The van der Waals surface area contributed by atoms with Gasteiger partial charge in [0.1, 0.15) is 24.0 Å².